The second kappa shape index (κ2) is 6.89. The second-order valence-corrected chi connectivity index (χ2v) is 9.40. The molecule has 2 aliphatic heterocycles. The van der Waals surface area contributed by atoms with Crippen molar-refractivity contribution in [1.82, 2.24) is 18.8 Å². The number of sulfonamides is 1. The lowest BCUT2D eigenvalue weighted by Crippen LogP contribution is -2.36. The van der Waals surface area contributed by atoms with Crippen LogP contribution >= 0.6 is 0 Å². The fourth-order valence-electron chi connectivity index (χ4n) is 4.41. The third-order valence-corrected chi connectivity index (χ3v) is 7.50. The number of hydrogen-bond acceptors (Lipinski definition) is 5. The smallest absolute Gasteiger partial charge is 0.262 e. The normalized spacial score (nSPS) is 25.1. The summed E-state index contributed by atoms with van der Waals surface area (Å²) in [6, 6.07) is 7.52. The second-order valence-electron chi connectivity index (χ2n) is 7.51. The van der Waals surface area contributed by atoms with Crippen LogP contribution in [0.2, 0.25) is 0 Å². The molecule has 150 valence electrons. The van der Waals surface area contributed by atoms with Crippen molar-refractivity contribution in [3.63, 3.8) is 0 Å². The Balaban J connectivity index is 1.63. The van der Waals surface area contributed by atoms with E-state index >= 15 is 0 Å². The maximum absolute atomic E-state index is 13.0. The average Bonchev–Trinajstić information content (AvgIpc) is 3.35. The van der Waals surface area contributed by atoms with Crippen molar-refractivity contribution in [1.29, 1.82) is 0 Å². The third kappa shape index (κ3) is 3.08. The highest BCUT2D eigenvalue weighted by Crippen LogP contribution is 2.46. The van der Waals surface area contributed by atoms with E-state index in [0.29, 0.717) is 19.6 Å². The van der Waals surface area contributed by atoms with Crippen molar-refractivity contribution < 1.29 is 17.9 Å². The van der Waals surface area contributed by atoms with E-state index in [2.05, 4.69) is 4.98 Å². The largest absolute Gasteiger partial charge is 0.497 e. The lowest BCUT2D eigenvalue weighted by atomic mass is 9.89. The van der Waals surface area contributed by atoms with E-state index in [1.165, 1.54) is 16.8 Å². The molecule has 8 nitrogen and oxygen atoms in total. The van der Waals surface area contributed by atoms with E-state index in [1.54, 1.807) is 25.6 Å². The summed E-state index contributed by atoms with van der Waals surface area (Å²) in [5.41, 5.74) is 1.00. The molecular formula is C19H24N4O4S. The molecule has 0 bridgehead atoms. The lowest BCUT2D eigenvalue weighted by molar-refractivity contribution is -0.130. The minimum atomic E-state index is -3.64. The van der Waals surface area contributed by atoms with Crippen molar-refractivity contribution in [3.05, 3.63) is 42.4 Å². The predicted molar refractivity (Wildman–Crippen MR) is 102 cm³/mol. The first-order chi connectivity index (χ1) is 13.3. The molecule has 1 amide bonds. The van der Waals surface area contributed by atoms with Gasteiger partial charge in [0.15, 0.2) is 5.03 Å². The number of imidazole rings is 1. The van der Waals surface area contributed by atoms with Gasteiger partial charge in [0.25, 0.3) is 10.0 Å². The Hall–Kier alpha value is -2.39. The van der Waals surface area contributed by atoms with E-state index in [1.807, 2.05) is 29.2 Å². The van der Waals surface area contributed by atoms with Gasteiger partial charge in [-0.25, -0.2) is 13.4 Å². The molecule has 0 N–H and O–H groups in total. The number of ether oxygens (including phenoxy) is 1. The molecule has 0 saturated carbocycles. The van der Waals surface area contributed by atoms with Crippen LogP contribution in [0.3, 0.4) is 0 Å². The zero-order valence-electron chi connectivity index (χ0n) is 16.1. The van der Waals surface area contributed by atoms with Gasteiger partial charge in [0.2, 0.25) is 5.91 Å². The van der Waals surface area contributed by atoms with E-state index in [-0.39, 0.29) is 28.8 Å². The third-order valence-electron chi connectivity index (χ3n) is 5.78. The van der Waals surface area contributed by atoms with Crippen LogP contribution in [0.1, 0.15) is 18.5 Å². The SMILES string of the molecule is COc1ccc([C@H]2[C@@H]3CN(S(=O)(=O)c4cn(C)cn4)C[C@@H]3CN2C(C)=O)cc1. The first-order valence-corrected chi connectivity index (χ1v) is 10.6. The number of fused-ring (bicyclic) bond motifs is 1. The van der Waals surface area contributed by atoms with Crippen molar-refractivity contribution >= 4 is 15.9 Å². The Bertz CT molecular complexity index is 986. The van der Waals surface area contributed by atoms with Crippen molar-refractivity contribution in [2.75, 3.05) is 26.7 Å². The molecule has 3 atom stereocenters. The highest BCUT2D eigenvalue weighted by Gasteiger charge is 2.51. The number of carbonyl (C=O) groups is 1. The number of benzene rings is 1. The van der Waals surface area contributed by atoms with Gasteiger partial charge in [-0.3, -0.25) is 4.79 Å². The summed E-state index contributed by atoms with van der Waals surface area (Å²) in [6.07, 6.45) is 3.01. The molecule has 3 heterocycles. The zero-order valence-corrected chi connectivity index (χ0v) is 17.0. The van der Waals surface area contributed by atoms with E-state index in [4.69, 9.17) is 4.74 Å². The van der Waals surface area contributed by atoms with Gasteiger partial charge in [-0.05, 0) is 23.6 Å². The van der Waals surface area contributed by atoms with Crippen LogP contribution in [0.5, 0.6) is 5.75 Å². The van der Waals surface area contributed by atoms with Crippen LogP contribution in [-0.4, -0.2) is 59.8 Å². The minimum Gasteiger partial charge on any atom is -0.497 e. The number of hydrogen-bond donors (Lipinski definition) is 0. The van der Waals surface area contributed by atoms with Gasteiger partial charge in [0, 0.05) is 45.7 Å². The van der Waals surface area contributed by atoms with Crippen LogP contribution in [0.4, 0.5) is 0 Å². The van der Waals surface area contributed by atoms with Crippen LogP contribution in [0.25, 0.3) is 0 Å². The molecular weight excluding hydrogens is 380 g/mol. The molecule has 2 aliphatic rings. The van der Waals surface area contributed by atoms with Gasteiger partial charge in [0.1, 0.15) is 5.75 Å². The fourth-order valence-corrected chi connectivity index (χ4v) is 5.91. The van der Waals surface area contributed by atoms with Crippen LogP contribution in [-0.2, 0) is 21.9 Å². The molecule has 2 aromatic rings. The summed E-state index contributed by atoms with van der Waals surface area (Å²) in [5, 5.41) is 0.0689. The van der Waals surface area contributed by atoms with E-state index in [9.17, 15) is 13.2 Å². The van der Waals surface area contributed by atoms with E-state index < -0.39 is 10.0 Å². The number of likely N-dealkylation sites (tertiary alicyclic amines) is 1. The van der Waals surface area contributed by atoms with Crippen LogP contribution in [0, 0.1) is 11.8 Å². The monoisotopic (exact) mass is 404 g/mol. The molecule has 0 unspecified atom stereocenters. The maximum Gasteiger partial charge on any atom is 0.262 e. The van der Waals surface area contributed by atoms with Crippen molar-refractivity contribution in [2.24, 2.45) is 18.9 Å². The van der Waals surface area contributed by atoms with Crippen molar-refractivity contribution in [3.8, 4) is 5.75 Å². The molecule has 0 spiro atoms. The fraction of sp³-hybridized carbons (Fsp3) is 0.474. The minimum absolute atomic E-state index is 0.00866. The number of aryl methyl sites for hydroxylation is 1. The maximum atomic E-state index is 13.0. The number of amides is 1. The molecule has 2 fully saturated rings. The Morgan fingerprint density at radius 3 is 2.46 bits per heavy atom. The first-order valence-electron chi connectivity index (χ1n) is 9.20. The zero-order chi connectivity index (χ0) is 20.1. The number of methoxy groups -OCH3 is 1. The van der Waals surface area contributed by atoms with Gasteiger partial charge in [-0.1, -0.05) is 12.1 Å². The van der Waals surface area contributed by atoms with Gasteiger partial charge < -0.3 is 14.2 Å². The quantitative estimate of drug-likeness (QED) is 0.766. The molecule has 2 saturated heterocycles. The average molecular weight is 404 g/mol. The summed E-state index contributed by atoms with van der Waals surface area (Å²) in [6.45, 7) is 2.91. The molecule has 0 radical (unpaired) electrons. The van der Waals surface area contributed by atoms with Crippen LogP contribution < -0.4 is 4.74 Å². The Labute approximate surface area is 164 Å². The molecule has 1 aromatic carbocycles. The van der Waals surface area contributed by atoms with Gasteiger partial charge in [-0.15, -0.1) is 0 Å². The molecule has 1 aromatic heterocycles. The number of nitrogens with zero attached hydrogens (tertiary/aromatic N) is 4. The lowest BCUT2D eigenvalue weighted by Gasteiger charge is -2.29. The molecule has 0 aliphatic carbocycles. The Morgan fingerprint density at radius 2 is 1.89 bits per heavy atom. The highest BCUT2D eigenvalue weighted by atomic mass is 32.2. The Kier molecular flexibility index (Phi) is 4.67. The standard InChI is InChI=1S/C19H24N4O4S/c1-13(24)23-9-15-8-22(28(25,26)18-11-21(2)12-20-18)10-17(15)19(23)14-4-6-16(27-3)7-5-14/h4-7,11-12,15,17,19H,8-10H2,1-3H3/t15-,17-,19+/m1/s1. The summed E-state index contributed by atoms with van der Waals surface area (Å²) in [5.74, 6) is 0.915. The molecule has 4 rings (SSSR count). The molecule has 28 heavy (non-hydrogen) atoms. The summed E-state index contributed by atoms with van der Waals surface area (Å²) in [4.78, 5) is 18.1. The Morgan fingerprint density at radius 1 is 1.18 bits per heavy atom. The number of rotatable bonds is 4. The number of aromatic nitrogens is 2. The highest BCUT2D eigenvalue weighted by molar-refractivity contribution is 7.89. The summed E-state index contributed by atoms with van der Waals surface area (Å²) < 4.78 is 34.3. The predicted octanol–water partition coefficient (Wildman–Crippen LogP) is 1.27. The summed E-state index contributed by atoms with van der Waals surface area (Å²) >= 11 is 0. The summed E-state index contributed by atoms with van der Waals surface area (Å²) in [7, 11) is -0.280. The van der Waals surface area contributed by atoms with Crippen LogP contribution in [0.15, 0.2) is 41.8 Å². The van der Waals surface area contributed by atoms with Gasteiger partial charge in [-0.2, -0.15) is 4.31 Å². The van der Waals surface area contributed by atoms with E-state index in [0.717, 1.165) is 11.3 Å². The number of carbonyl (C=O) groups excluding carboxylic acids is 1. The first kappa shape index (κ1) is 18.9. The topological polar surface area (TPSA) is 84.7 Å². The molecule has 9 heteroatoms. The van der Waals surface area contributed by atoms with Gasteiger partial charge in [0.05, 0.1) is 19.5 Å². The van der Waals surface area contributed by atoms with Crippen molar-refractivity contribution in [2.45, 2.75) is 18.0 Å². The van der Waals surface area contributed by atoms with Gasteiger partial charge >= 0.3 is 0 Å².